The molecule has 76 heavy (non-hydrogen) atoms. The van der Waals surface area contributed by atoms with Gasteiger partial charge in [0.2, 0.25) is 0 Å². The van der Waals surface area contributed by atoms with Gasteiger partial charge in [-0.25, -0.2) is 14.4 Å². The Hall–Kier alpha value is -7.37. The molecular formula is C62H60O14. The van der Waals surface area contributed by atoms with Gasteiger partial charge in [-0.15, -0.1) is 0 Å². The molecule has 0 saturated carbocycles. The van der Waals surface area contributed by atoms with Crippen LogP contribution in [0.25, 0.3) is 0 Å². The van der Waals surface area contributed by atoms with Gasteiger partial charge in [0.25, 0.3) is 0 Å². The van der Waals surface area contributed by atoms with E-state index in [0.717, 1.165) is 22.3 Å². The average molecular weight is 1030 g/mol. The lowest BCUT2D eigenvalue weighted by Crippen LogP contribution is -2.66. The highest BCUT2D eigenvalue weighted by molar-refractivity contribution is 5.91. The number of hydrogen-bond acceptors (Lipinski definition) is 14. The Morgan fingerprint density at radius 3 is 1.17 bits per heavy atom. The van der Waals surface area contributed by atoms with E-state index in [1.54, 1.807) is 91.0 Å². The highest BCUT2D eigenvalue weighted by Crippen LogP contribution is 2.37. The van der Waals surface area contributed by atoms with E-state index >= 15 is 0 Å². The van der Waals surface area contributed by atoms with Crippen LogP contribution in [0.4, 0.5) is 0 Å². The van der Waals surface area contributed by atoms with Crippen LogP contribution in [0.15, 0.2) is 212 Å². The average Bonchev–Trinajstić information content (AvgIpc) is 3.50. The van der Waals surface area contributed by atoms with Gasteiger partial charge in [-0.05, 0) is 58.7 Å². The summed E-state index contributed by atoms with van der Waals surface area (Å²) in [5.41, 5.74) is 4.14. The van der Waals surface area contributed by atoms with E-state index in [1.165, 1.54) is 7.11 Å². The van der Waals surface area contributed by atoms with Crippen LogP contribution in [0.5, 0.6) is 0 Å². The monoisotopic (exact) mass is 1030 g/mol. The van der Waals surface area contributed by atoms with Crippen molar-refractivity contribution in [2.45, 2.75) is 87.8 Å². The van der Waals surface area contributed by atoms with E-state index in [4.69, 9.17) is 52.1 Å². The first-order chi connectivity index (χ1) is 37.4. The minimum absolute atomic E-state index is 0.0276. The summed E-state index contributed by atoms with van der Waals surface area (Å²) in [6.07, 6.45) is -12.0. The molecule has 0 spiro atoms. The second kappa shape index (κ2) is 27.4. The predicted octanol–water partition coefficient (Wildman–Crippen LogP) is 9.75. The first-order valence-electron chi connectivity index (χ1n) is 25.2. The molecule has 0 N–H and O–H groups in total. The third-order valence-corrected chi connectivity index (χ3v) is 12.8. The lowest BCUT2D eigenvalue weighted by atomic mass is 9.95. The Labute approximate surface area is 442 Å². The number of carbonyl (C=O) groups is 3. The molecule has 2 saturated heterocycles. The second-order valence-corrected chi connectivity index (χ2v) is 18.1. The van der Waals surface area contributed by atoms with Crippen molar-refractivity contribution in [1.82, 2.24) is 0 Å². The second-order valence-electron chi connectivity index (χ2n) is 18.1. The van der Waals surface area contributed by atoms with Crippen LogP contribution in [0.3, 0.4) is 0 Å². The lowest BCUT2D eigenvalue weighted by Gasteiger charge is -2.49. The van der Waals surface area contributed by atoms with Crippen molar-refractivity contribution < 1.29 is 66.5 Å². The van der Waals surface area contributed by atoms with Gasteiger partial charge < -0.3 is 52.1 Å². The van der Waals surface area contributed by atoms with Crippen LogP contribution >= 0.6 is 0 Å². The minimum atomic E-state index is -1.49. The van der Waals surface area contributed by atoms with Crippen LogP contribution in [-0.2, 0) is 78.5 Å². The molecular weight excluding hydrogens is 969 g/mol. The van der Waals surface area contributed by atoms with Gasteiger partial charge in [0.1, 0.15) is 43.2 Å². The maximum absolute atomic E-state index is 14.5. The third-order valence-electron chi connectivity index (χ3n) is 12.8. The molecule has 14 heteroatoms. The van der Waals surface area contributed by atoms with Gasteiger partial charge >= 0.3 is 17.9 Å². The normalized spacial score (nSPS) is 23.2. The molecule has 0 unspecified atom stereocenters. The molecule has 7 aromatic rings. The summed E-state index contributed by atoms with van der Waals surface area (Å²) in [5, 5.41) is 0. The SMILES string of the molecule is CO[C@H]1O[C@H](COCc2ccccc2)[C@@H](O[C@H]2O[C@H](COC(=O)c3ccccc3)[C@@H](OC(=O)c3ccccc3)[C@H](OC(=O)c3ccccc3)[C@H]2OCc2ccccc2)[C@H](OCc2ccccc2)[C@H]1OCc1ccccc1. The van der Waals surface area contributed by atoms with Gasteiger partial charge in [-0.1, -0.05) is 176 Å². The number of esters is 3. The fourth-order valence-corrected chi connectivity index (χ4v) is 8.98. The highest BCUT2D eigenvalue weighted by atomic mass is 16.8. The quantitative estimate of drug-likeness (QED) is 0.0441. The highest BCUT2D eigenvalue weighted by Gasteiger charge is 2.56. The van der Waals surface area contributed by atoms with Gasteiger partial charge in [-0.3, -0.25) is 0 Å². The fourth-order valence-electron chi connectivity index (χ4n) is 8.98. The van der Waals surface area contributed by atoms with E-state index in [-0.39, 0.29) is 49.7 Å². The van der Waals surface area contributed by atoms with Crippen LogP contribution in [0.1, 0.15) is 53.3 Å². The topological polar surface area (TPSA) is 153 Å². The van der Waals surface area contributed by atoms with Crippen molar-refractivity contribution in [1.29, 1.82) is 0 Å². The zero-order chi connectivity index (χ0) is 52.3. The lowest BCUT2D eigenvalue weighted by molar-refractivity contribution is -0.369. The van der Waals surface area contributed by atoms with Crippen molar-refractivity contribution in [2.24, 2.45) is 0 Å². The zero-order valence-electron chi connectivity index (χ0n) is 41.9. The number of hydrogen-bond donors (Lipinski definition) is 0. The number of methoxy groups -OCH3 is 1. The predicted molar refractivity (Wildman–Crippen MR) is 278 cm³/mol. The van der Waals surface area contributed by atoms with Gasteiger partial charge in [0.05, 0.1) is 49.7 Å². The molecule has 2 heterocycles. The summed E-state index contributed by atoms with van der Waals surface area (Å²) in [5.74, 6) is -2.19. The standard InChI is InChI=1S/C62H60O14/c1-66-61-56(69-39-45-27-13-4-14-28-45)54(68-38-44-25-11-3-12-26-44)52(50(72-61)41-67-37-43-23-9-2-10-24-43)76-62-57(70-40-46-29-15-5-16-30-46)55(75-60(65)49-35-21-8-22-36-49)53(74-59(64)48-33-19-7-20-34-48)51(73-62)42-71-58(63)47-31-17-6-18-32-47/h2-36,50-57,61-62H,37-42H2,1H3/t50-,51-,52-,53-,54+,55+,56-,57-,61+,62-/m1/s1. The maximum Gasteiger partial charge on any atom is 0.338 e. The summed E-state index contributed by atoms with van der Waals surface area (Å²) >= 11 is 0. The Balaban J connectivity index is 1.14. The first kappa shape index (κ1) is 53.5. The van der Waals surface area contributed by atoms with E-state index in [2.05, 4.69) is 0 Å². The largest absolute Gasteiger partial charge is 0.459 e. The van der Waals surface area contributed by atoms with E-state index in [0.29, 0.717) is 0 Å². The van der Waals surface area contributed by atoms with E-state index in [9.17, 15) is 14.4 Å². The summed E-state index contributed by atoms with van der Waals surface area (Å²) in [7, 11) is 1.53. The maximum atomic E-state index is 14.5. The number of carbonyl (C=O) groups excluding carboxylic acids is 3. The molecule has 2 fully saturated rings. The molecule has 2 aliphatic rings. The number of ether oxygens (including phenoxy) is 11. The molecule has 2 aliphatic heterocycles. The van der Waals surface area contributed by atoms with Gasteiger partial charge in [0, 0.05) is 7.11 Å². The third kappa shape index (κ3) is 14.5. The molecule has 0 bridgehead atoms. The van der Waals surface area contributed by atoms with Crippen LogP contribution in [0.2, 0.25) is 0 Å². The van der Waals surface area contributed by atoms with Crippen molar-refractivity contribution in [3.05, 3.63) is 251 Å². The number of benzene rings is 7. The van der Waals surface area contributed by atoms with Crippen molar-refractivity contribution >= 4 is 17.9 Å². The smallest absolute Gasteiger partial charge is 0.338 e. The molecule has 14 nitrogen and oxygen atoms in total. The molecule has 9 rings (SSSR count). The van der Waals surface area contributed by atoms with Crippen LogP contribution in [-0.4, -0.2) is 99.6 Å². The molecule has 0 aromatic heterocycles. The first-order valence-corrected chi connectivity index (χ1v) is 25.2. The number of rotatable bonds is 23. The summed E-state index contributed by atoms with van der Waals surface area (Å²) < 4.78 is 73.0. The Kier molecular flexibility index (Phi) is 19.3. The van der Waals surface area contributed by atoms with Crippen molar-refractivity contribution in [3.63, 3.8) is 0 Å². The van der Waals surface area contributed by atoms with Gasteiger partial charge in [-0.2, -0.15) is 0 Å². The Morgan fingerprint density at radius 2 is 0.724 bits per heavy atom. The summed E-state index contributed by atoms with van der Waals surface area (Å²) in [4.78, 5) is 42.5. The van der Waals surface area contributed by atoms with Crippen LogP contribution < -0.4 is 0 Å². The minimum Gasteiger partial charge on any atom is -0.459 e. The van der Waals surface area contributed by atoms with Crippen molar-refractivity contribution in [3.8, 4) is 0 Å². The Bertz CT molecular complexity index is 2830. The van der Waals surface area contributed by atoms with E-state index in [1.807, 2.05) is 121 Å². The van der Waals surface area contributed by atoms with Crippen LogP contribution in [0, 0.1) is 0 Å². The molecule has 392 valence electrons. The van der Waals surface area contributed by atoms with Gasteiger partial charge in [0.15, 0.2) is 24.8 Å². The fraction of sp³-hybridized carbons (Fsp3) is 0.274. The molecule has 0 aliphatic carbocycles. The molecule has 0 radical (unpaired) electrons. The zero-order valence-corrected chi connectivity index (χ0v) is 41.9. The summed E-state index contributed by atoms with van der Waals surface area (Å²) in [6.45, 7) is -0.0344. The molecule has 10 atom stereocenters. The van der Waals surface area contributed by atoms with E-state index < -0.39 is 85.9 Å². The molecule has 7 aromatic carbocycles. The Morgan fingerprint density at radius 1 is 0.368 bits per heavy atom. The molecule has 0 amide bonds. The summed E-state index contributed by atoms with van der Waals surface area (Å²) in [6, 6.07) is 63.6. The van der Waals surface area contributed by atoms with Crippen molar-refractivity contribution in [2.75, 3.05) is 20.3 Å².